The van der Waals surface area contributed by atoms with Crippen molar-refractivity contribution in [1.82, 2.24) is 10.1 Å². The Hall–Kier alpha value is -1.88. The van der Waals surface area contributed by atoms with Crippen LogP contribution in [0, 0.1) is 0 Å². The first kappa shape index (κ1) is 12.6. The summed E-state index contributed by atoms with van der Waals surface area (Å²) in [6.45, 7) is 3.66. The number of nitrogens with two attached hydrogens (primary N) is 1. The average molecular weight is 247 g/mol. The van der Waals surface area contributed by atoms with Crippen LogP contribution in [0.5, 0.6) is 5.75 Å². The Kier molecular flexibility index (Phi) is 3.34. The fourth-order valence-electron chi connectivity index (χ4n) is 1.51. The van der Waals surface area contributed by atoms with Gasteiger partial charge in [0.1, 0.15) is 5.75 Å². The minimum Gasteiger partial charge on any atom is -0.497 e. The topological polar surface area (TPSA) is 74.2 Å². The van der Waals surface area contributed by atoms with Gasteiger partial charge in [-0.1, -0.05) is 17.3 Å². The van der Waals surface area contributed by atoms with Crippen molar-refractivity contribution in [1.29, 1.82) is 0 Å². The lowest BCUT2D eigenvalue weighted by Gasteiger charge is -2.10. The highest BCUT2D eigenvalue weighted by Gasteiger charge is 2.22. The Balaban J connectivity index is 2.11. The SMILES string of the molecule is COc1ccc(Cc2noc(C(C)(C)N)n2)cc1. The van der Waals surface area contributed by atoms with Crippen molar-refractivity contribution in [3.8, 4) is 5.75 Å². The van der Waals surface area contributed by atoms with E-state index in [4.69, 9.17) is 15.0 Å². The highest BCUT2D eigenvalue weighted by atomic mass is 16.5. The molecule has 0 amide bonds. The molecule has 5 nitrogen and oxygen atoms in total. The van der Waals surface area contributed by atoms with Crippen molar-refractivity contribution < 1.29 is 9.26 Å². The van der Waals surface area contributed by atoms with Crippen molar-refractivity contribution >= 4 is 0 Å². The van der Waals surface area contributed by atoms with E-state index in [9.17, 15) is 0 Å². The smallest absolute Gasteiger partial charge is 0.246 e. The molecule has 0 spiro atoms. The second-order valence-electron chi connectivity index (χ2n) is 4.76. The number of nitrogens with zero attached hydrogens (tertiary/aromatic N) is 2. The third-order valence-corrected chi connectivity index (χ3v) is 2.54. The summed E-state index contributed by atoms with van der Waals surface area (Å²) in [6.07, 6.45) is 0.615. The van der Waals surface area contributed by atoms with Crippen LogP contribution in [-0.4, -0.2) is 17.3 Å². The van der Waals surface area contributed by atoms with E-state index < -0.39 is 5.54 Å². The summed E-state index contributed by atoms with van der Waals surface area (Å²) in [5.41, 5.74) is 6.38. The quantitative estimate of drug-likeness (QED) is 0.892. The van der Waals surface area contributed by atoms with Crippen LogP contribution in [0.2, 0.25) is 0 Å². The maximum atomic E-state index is 5.89. The Morgan fingerprint density at radius 1 is 1.28 bits per heavy atom. The molecule has 0 aliphatic carbocycles. The van der Waals surface area contributed by atoms with Gasteiger partial charge in [0.25, 0.3) is 0 Å². The van der Waals surface area contributed by atoms with Gasteiger partial charge in [0.2, 0.25) is 5.89 Å². The summed E-state index contributed by atoms with van der Waals surface area (Å²) in [4.78, 5) is 4.29. The molecule has 0 aliphatic heterocycles. The lowest BCUT2D eigenvalue weighted by Crippen LogP contribution is -2.29. The molecule has 2 rings (SSSR count). The Labute approximate surface area is 106 Å². The maximum Gasteiger partial charge on any atom is 0.246 e. The zero-order chi connectivity index (χ0) is 13.2. The van der Waals surface area contributed by atoms with Crippen molar-refractivity contribution in [3.63, 3.8) is 0 Å². The second kappa shape index (κ2) is 4.78. The lowest BCUT2D eigenvalue weighted by atomic mass is 10.1. The molecule has 0 saturated carbocycles. The first-order valence-electron chi connectivity index (χ1n) is 5.74. The summed E-state index contributed by atoms with van der Waals surface area (Å²) in [5.74, 6) is 1.91. The Morgan fingerprint density at radius 3 is 2.44 bits per heavy atom. The molecule has 0 radical (unpaired) electrons. The van der Waals surface area contributed by atoms with E-state index in [-0.39, 0.29) is 0 Å². The van der Waals surface area contributed by atoms with E-state index in [1.165, 1.54) is 0 Å². The molecule has 0 bridgehead atoms. The molecule has 2 aromatic rings. The molecule has 2 N–H and O–H groups in total. The number of aromatic nitrogens is 2. The summed E-state index contributed by atoms with van der Waals surface area (Å²) in [6, 6.07) is 7.76. The largest absolute Gasteiger partial charge is 0.497 e. The first-order valence-corrected chi connectivity index (χ1v) is 5.74. The minimum absolute atomic E-state index is 0.450. The molecular formula is C13H17N3O2. The van der Waals surface area contributed by atoms with E-state index in [0.717, 1.165) is 11.3 Å². The number of ether oxygens (including phenoxy) is 1. The number of methoxy groups -OCH3 is 1. The highest BCUT2D eigenvalue weighted by Crippen LogP contribution is 2.17. The van der Waals surface area contributed by atoms with Crippen molar-refractivity contribution in [2.45, 2.75) is 25.8 Å². The normalized spacial score (nSPS) is 11.6. The molecule has 0 saturated heterocycles. The number of hydrogen-bond donors (Lipinski definition) is 1. The maximum absolute atomic E-state index is 5.89. The molecule has 96 valence electrons. The summed E-state index contributed by atoms with van der Waals surface area (Å²) in [5, 5.41) is 3.92. The summed E-state index contributed by atoms with van der Waals surface area (Å²) >= 11 is 0. The fourth-order valence-corrected chi connectivity index (χ4v) is 1.51. The van der Waals surface area contributed by atoms with Gasteiger partial charge < -0.3 is 15.0 Å². The van der Waals surface area contributed by atoms with E-state index in [0.29, 0.717) is 18.1 Å². The zero-order valence-electron chi connectivity index (χ0n) is 10.8. The summed E-state index contributed by atoms with van der Waals surface area (Å²) in [7, 11) is 1.64. The monoisotopic (exact) mass is 247 g/mol. The third-order valence-electron chi connectivity index (χ3n) is 2.54. The van der Waals surface area contributed by atoms with Crippen LogP contribution in [0.25, 0.3) is 0 Å². The van der Waals surface area contributed by atoms with E-state index in [1.54, 1.807) is 7.11 Å². The van der Waals surface area contributed by atoms with Crippen LogP contribution >= 0.6 is 0 Å². The number of benzene rings is 1. The highest BCUT2D eigenvalue weighted by molar-refractivity contribution is 5.28. The number of rotatable bonds is 4. The van der Waals surface area contributed by atoms with Gasteiger partial charge in [0, 0.05) is 6.42 Å². The predicted molar refractivity (Wildman–Crippen MR) is 67.3 cm³/mol. The molecule has 18 heavy (non-hydrogen) atoms. The van der Waals surface area contributed by atoms with Crippen LogP contribution in [0.15, 0.2) is 28.8 Å². The molecule has 0 atom stereocenters. The lowest BCUT2D eigenvalue weighted by molar-refractivity contribution is 0.310. The molecule has 5 heteroatoms. The van der Waals surface area contributed by atoms with Crippen LogP contribution in [0.3, 0.4) is 0 Å². The first-order chi connectivity index (χ1) is 8.49. The third kappa shape index (κ3) is 2.87. The molecule has 1 aromatic carbocycles. The second-order valence-corrected chi connectivity index (χ2v) is 4.76. The van der Waals surface area contributed by atoms with Crippen molar-refractivity contribution in [3.05, 3.63) is 41.5 Å². The van der Waals surface area contributed by atoms with Crippen molar-refractivity contribution in [2.24, 2.45) is 5.73 Å². The molecule has 0 unspecified atom stereocenters. The van der Waals surface area contributed by atoms with Gasteiger partial charge in [-0.25, -0.2) is 0 Å². The van der Waals surface area contributed by atoms with Gasteiger partial charge in [-0.15, -0.1) is 0 Å². The molecular weight excluding hydrogens is 230 g/mol. The van der Waals surface area contributed by atoms with Crippen LogP contribution in [0.1, 0.15) is 31.1 Å². The van der Waals surface area contributed by atoms with Gasteiger partial charge in [-0.05, 0) is 31.5 Å². The fraction of sp³-hybridized carbons (Fsp3) is 0.385. The van der Waals surface area contributed by atoms with E-state index in [1.807, 2.05) is 38.1 Å². The van der Waals surface area contributed by atoms with Gasteiger partial charge in [0.15, 0.2) is 5.82 Å². The predicted octanol–water partition coefficient (Wildman–Crippen LogP) is 1.86. The van der Waals surface area contributed by atoms with Gasteiger partial charge in [-0.3, -0.25) is 0 Å². The van der Waals surface area contributed by atoms with Gasteiger partial charge in [0.05, 0.1) is 12.6 Å². The van der Waals surface area contributed by atoms with E-state index >= 15 is 0 Å². The standard InChI is InChI=1S/C13H17N3O2/c1-13(2,14)12-15-11(16-18-12)8-9-4-6-10(17-3)7-5-9/h4-7H,8,14H2,1-3H3. The Bertz CT molecular complexity index is 512. The minimum atomic E-state index is -0.606. The number of hydrogen-bond acceptors (Lipinski definition) is 5. The average Bonchev–Trinajstić information content (AvgIpc) is 2.78. The van der Waals surface area contributed by atoms with Gasteiger partial charge in [-0.2, -0.15) is 4.98 Å². The molecule has 0 fully saturated rings. The van der Waals surface area contributed by atoms with Crippen LogP contribution in [0.4, 0.5) is 0 Å². The summed E-state index contributed by atoms with van der Waals surface area (Å²) < 4.78 is 10.2. The van der Waals surface area contributed by atoms with Crippen LogP contribution in [-0.2, 0) is 12.0 Å². The van der Waals surface area contributed by atoms with Gasteiger partial charge >= 0.3 is 0 Å². The van der Waals surface area contributed by atoms with Crippen molar-refractivity contribution in [2.75, 3.05) is 7.11 Å². The van der Waals surface area contributed by atoms with E-state index in [2.05, 4.69) is 10.1 Å². The molecule has 1 aromatic heterocycles. The molecule has 0 aliphatic rings. The van der Waals surface area contributed by atoms with Crippen LogP contribution < -0.4 is 10.5 Å². The zero-order valence-corrected chi connectivity index (χ0v) is 10.8. The molecule has 1 heterocycles. The Morgan fingerprint density at radius 2 is 1.94 bits per heavy atom.